The number of hydrogen-bond acceptors (Lipinski definition) is 2. The normalized spacial score (nSPS) is 10.3. The van der Waals surface area contributed by atoms with Gasteiger partial charge in [0.05, 0.1) is 7.11 Å². The monoisotopic (exact) mass is 227 g/mol. The van der Waals surface area contributed by atoms with Crippen LogP contribution >= 0.6 is 0 Å². The molecule has 2 nitrogen and oxygen atoms in total. The molecule has 2 heteroatoms. The van der Waals surface area contributed by atoms with Crippen LogP contribution in [0.5, 0.6) is 5.75 Å². The van der Waals surface area contributed by atoms with Crippen molar-refractivity contribution in [2.45, 2.75) is 13.5 Å². The number of aryl methyl sites for hydroxylation is 1. The summed E-state index contributed by atoms with van der Waals surface area (Å²) in [5.74, 6) is 0.876. The van der Waals surface area contributed by atoms with Crippen LogP contribution in [0.15, 0.2) is 42.5 Å². The Hall–Kier alpha value is -1.80. The SMILES string of the molecule is COc1ccc(-c2cc(CN)ccc2C)cc1. The van der Waals surface area contributed by atoms with E-state index in [1.54, 1.807) is 7.11 Å². The van der Waals surface area contributed by atoms with Crippen molar-refractivity contribution in [3.8, 4) is 16.9 Å². The van der Waals surface area contributed by atoms with E-state index in [1.165, 1.54) is 16.7 Å². The number of nitrogens with two attached hydrogens (primary N) is 1. The maximum Gasteiger partial charge on any atom is 0.118 e. The standard InChI is InChI=1S/C15H17NO/c1-11-3-4-12(10-16)9-15(11)13-5-7-14(17-2)8-6-13/h3-9H,10,16H2,1-2H3. The Balaban J connectivity index is 2.43. The first kappa shape index (κ1) is 11.7. The summed E-state index contributed by atoms with van der Waals surface area (Å²) < 4.78 is 5.16. The van der Waals surface area contributed by atoms with E-state index in [1.807, 2.05) is 12.1 Å². The van der Waals surface area contributed by atoms with E-state index in [0.29, 0.717) is 6.54 Å². The highest BCUT2D eigenvalue weighted by atomic mass is 16.5. The summed E-state index contributed by atoms with van der Waals surface area (Å²) in [6, 6.07) is 14.4. The molecule has 17 heavy (non-hydrogen) atoms. The Morgan fingerprint density at radius 1 is 1.06 bits per heavy atom. The average molecular weight is 227 g/mol. The summed E-state index contributed by atoms with van der Waals surface area (Å²) in [6.45, 7) is 2.68. The molecule has 0 unspecified atom stereocenters. The van der Waals surface area contributed by atoms with Crippen LogP contribution in [0.3, 0.4) is 0 Å². The molecule has 0 saturated heterocycles. The van der Waals surface area contributed by atoms with Crippen LogP contribution in [-0.4, -0.2) is 7.11 Å². The highest BCUT2D eigenvalue weighted by Gasteiger charge is 2.03. The molecule has 0 atom stereocenters. The van der Waals surface area contributed by atoms with Gasteiger partial charge in [0.1, 0.15) is 5.75 Å². The molecule has 0 radical (unpaired) electrons. The first-order valence-electron chi connectivity index (χ1n) is 5.68. The van der Waals surface area contributed by atoms with Gasteiger partial charge >= 0.3 is 0 Å². The van der Waals surface area contributed by atoms with E-state index < -0.39 is 0 Å². The van der Waals surface area contributed by atoms with Crippen molar-refractivity contribution in [3.05, 3.63) is 53.6 Å². The fourth-order valence-corrected chi connectivity index (χ4v) is 1.88. The minimum atomic E-state index is 0.573. The molecule has 0 fully saturated rings. The summed E-state index contributed by atoms with van der Waals surface area (Å²) in [5.41, 5.74) is 10.5. The lowest BCUT2D eigenvalue weighted by atomic mass is 9.98. The minimum Gasteiger partial charge on any atom is -0.497 e. The largest absolute Gasteiger partial charge is 0.497 e. The molecule has 0 aliphatic heterocycles. The molecule has 0 spiro atoms. The third kappa shape index (κ3) is 2.48. The van der Waals surface area contributed by atoms with Crippen LogP contribution < -0.4 is 10.5 Å². The van der Waals surface area contributed by atoms with Crippen LogP contribution in [0.1, 0.15) is 11.1 Å². The van der Waals surface area contributed by atoms with Crippen molar-refractivity contribution in [2.24, 2.45) is 5.73 Å². The molecule has 0 aliphatic rings. The van der Waals surface area contributed by atoms with E-state index in [0.717, 1.165) is 11.3 Å². The van der Waals surface area contributed by atoms with E-state index >= 15 is 0 Å². The van der Waals surface area contributed by atoms with E-state index in [-0.39, 0.29) is 0 Å². The second kappa shape index (κ2) is 5.02. The summed E-state index contributed by atoms with van der Waals surface area (Å²) in [6.07, 6.45) is 0. The number of methoxy groups -OCH3 is 1. The van der Waals surface area contributed by atoms with Crippen LogP contribution in [0.4, 0.5) is 0 Å². The van der Waals surface area contributed by atoms with Crippen LogP contribution in [-0.2, 0) is 6.54 Å². The molecule has 2 rings (SSSR count). The summed E-state index contributed by atoms with van der Waals surface area (Å²) in [5, 5.41) is 0. The smallest absolute Gasteiger partial charge is 0.118 e. The second-order valence-electron chi connectivity index (χ2n) is 4.08. The van der Waals surface area contributed by atoms with Gasteiger partial charge in [0.2, 0.25) is 0 Å². The van der Waals surface area contributed by atoms with Gasteiger partial charge in [-0.2, -0.15) is 0 Å². The number of ether oxygens (including phenoxy) is 1. The maximum absolute atomic E-state index is 5.67. The topological polar surface area (TPSA) is 35.2 Å². The van der Waals surface area contributed by atoms with Crippen molar-refractivity contribution in [2.75, 3.05) is 7.11 Å². The highest BCUT2D eigenvalue weighted by molar-refractivity contribution is 5.68. The lowest BCUT2D eigenvalue weighted by molar-refractivity contribution is 0.415. The Morgan fingerprint density at radius 2 is 1.76 bits per heavy atom. The van der Waals surface area contributed by atoms with E-state index in [2.05, 4.69) is 37.3 Å². The Bertz CT molecular complexity index is 503. The van der Waals surface area contributed by atoms with Crippen molar-refractivity contribution < 1.29 is 4.74 Å². The van der Waals surface area contributed by atoms with E-state index in [4.69, 9.17) is 10.5 Å². The fourth-order valence-electron chi connectivity index (χ4n) is 1.88. The second-order valence-corrected chi connectivity index (χ2v) is 4.08. The van der Waals surface area contributed by atoms with Crippen LogP contribution in [0, 0.1) is 6.92 Å². The van der Waals surface area contributed by atoms with Gasteiger partial charge in [-0.15, -0.1) is 0 Å². The summed E-state index contributed by atoms with van der Waals surface area (Å²) in [7, 11) is 1.68. The van der Waals surface area contributed by atoms with Gasteiger partial charge in [-0.3, -0.25) is 0 Å². The van der Waals surface area contributed by atoms with Gasteiger partial charge in [-0.25, -0.2) is 0 Å². The van der Waals surface area contributed by atoms with E-state index in [9.17, 15) is 0 Å². The molecular formula is C15H17NO. The third-order valence-electron chi connectivity index (χ3n) is 2.94. The third-order valence-corrected chi connectivity index (χ3v) is 2.94. The molecule has 0 bridgehead atoms. The van der Waals surface area contributed by atoms with Gasteiger partial charge in [-0.1, -0.05) is 24.3 Å². The van der Waals surface area contributed by atoms with Gasteiger partial charge < -0.3 is 10.5 Å². The Morgan fingerprint density at radius 3 is 2.35 bits per heavy atom. The van der Waals surface area contributed by atoms with Gasteiger partial charge in [0, 0.05) is 6.54 Å². The molecular weight excluding hydrogens is 210 g/mol. The Labute approximate surface area is 102 Å². The molecule has 2 N–H and O–H groups in total. The molecule has 2 aromatic rings. The zero-order chi connectivity index (χ0) is 12.3. The predicted octanol–water partition coefficient (Wildman–Crippen LogP) is 3.13. The van der Waals surface area contributed by atoms with Gasteiger partial charge in [0.25, 0.3) is 0 Å². The minimum absolute atomic E-state index is 0.573. The Kier molecular flexibility index (Phi) is 3.45. The molecule has 0 amide bonds. The first-order chi connectivity index (χ1) is 8.24. The number of benzene rings is 2. The lowest BCUT2D eigenvalue weighted by Crippen LogP contribution is -1.97. The van der Waals surface area contributed by atoms with Gasteiger partial charge in [0.15, 0.2) is 0 Å². The molecule has 0 aliphatic carbocycles. The number of rotatable bonds is 3. The quantitative estimate of drug-likeness (QED) is 0.874. The van der Waals surface area contributed by atoms with Gasteiger partial charge in [-0.05, 0) is 47.4 Å². The molecule has 0 saturated carbocycles. The van der Waals surface area contributed by atoms with Crippen LogP contribution in [0.2, 0.25) is 0 Å². The van der Waals surface area contributed by atoms with Crippen LogP contribution in [0.25, 0.3) is 11.1 Å². The summed E-state index contributed by atoms with van der Waals surface area (Å²) in [4.78, 5) is 0. The zero-order valence-corrected chi connectivity index (χ0v) is 10.2. The molecule has 88 valence electrons. The lowest BCUT2D eigenvalue weighted by Gasteiger charge is -2.09. The van der Waals surface area contributed by atoms with Crippen molar-refractivity contribution in [1.29, 1.82) is 0 Å². The van der Waals surface area contributed by atoms with Crippen molar-refractivity contribution >= 4 is 0 Å². The average Bonchev–Trinajstić information content (AvgIpc) is 2.39. The molecule has 0 heterocycles. The summed E-state index contributed by atoms with van der Waals surface area (Å²) >= 11 is 0. The zero-order valence-electron chi connectivity index (χ0n) is 10.2. The molecule has 0 aromatic heterocycles. The highest BCUT2D eigenvalue weighted by Crippen LogP contribution is 2.26. The maximum atomic E-state index is 5.67. The first-order valence-corrected chi connectivity index (χ1v) is 5.68. The predicted molar refractivity (Wildman–Crippen MR) is 71.1 cm³/mol. The fraction of sp³-hybridized carbons (Fsp3) is 0.200. The number of hydrogen-bond donors (Lipinski definition) is 1. The van der Waals surface area contributed by atoms with Crippen molar-refractivity contribution in [3.63, 3.8) is 0 Å². The molecule has 2 aromatic carbocycles. The van der Waals surface area contributed by atoms with Crippen molar-refractivity contribution in [1.82, 2.24) is 0 Å².